The summed E-state index contributed by atoms with van der Waals surface area (Å²) >= 11 is 5.24. The number of halogens is 2. The fourth-order valence-corrected chi connectivity index (χ4v) is 2.71. The topological polar surface area (TPSA) is 63.2 Å². The van der Waals surface area contributed by atoms with E-state index in [0.717, 1.165) is 24.3 Å². The van der Waals surface area contributed by atoms with Crippen molar-refractivity contribution in [3.05, 3.63) is 30.1 Å². The van der Waals surface area contributed by atoms with Crippen LogP contribution in [0.3, 0.4) is 0 Å². The Morgan fingerprint density at radius 1 is 1.41 bits per heavy atom. The van der Waals surface area contributed by atoms with Crippen molar-refractivity contribution in [2.75, 3.05) is 0 Å². The lowest BCUT2D eigenvalue weighted by Gasteiger charge is -2.12. The zero-order chi connectivity index (χ0) is 13.1. The number of nitrogens with one attached hydrogen (secondary N) is 1. The lowest BCUT2D eigenvalue weighted by atomic mass is 10.3. The first-order chi connectivity index (χ1) is 7.86. The minimum Gasteiger partial charge on any atom is -0.279 e. The highest BCUT2D eigenvalue weighted by Crippen LogP contribution is 2.11. The number of carbonyl (C=O) groups is 1. The first-order valence-corrected chi connectivity index (χ1v) is 6.70. The minimum atomic E-state index is -3.86. The molecule has 7 heteroatoms. The molecule has 4 nitrogen and oxygen atoms in total. The minimum absolute atomic E-state index is 0.115. The summed E-state index contributed by atoms with van der Waals surface area (Å²) in [5, 5.41) is -0.779. The van der Waals surface area contributed by atoms with Crippen LogP contribution in [-0.4, -0.2) is 19.7 Å². The van der Waals surface area contributed by atoms with Crippen LogP contribution in [0.2, 0.25) is 0 Å². The van der Waals surface area contributed by atoms with E-state index < -0.39 is 27.1 Å². The van der Waals surface area contributed by atoms with E-state index in [9.17, 15) is 17.6 Å². The van der Waals surface area contributed by atoms with Crippen molar-refractivity contribution in [3.63, 3.8) is 0 Å². The molecule has 0 heterocycles. The molecule has 0 saturated carbocycles. The molecule has 1 atom stereocenters. The number of sulfonamides is 1. The summed E-state index contributed by atoms with van der Waals surface area (Å²) in [7, 11) is -3.86. The van der Waals surface area contributed by atoms with Gasteiger partial charge in [-0.3, -0.25) is 4.79 Å². The van der Waals surface area contributed by atoms with Crippen LogP contribution in [0.15, 0.2) is 29.2 Å². The highest BCUT2D eigenvalue weighted by Gasteiger charge is 2.22. The van der Waals surface area contributed by atoms with Crippen molar-refractivity contribution in [1.82, 2.24) is 4.72 Å². The summed E-state index contributed by atoms with van der Waals surface area (Å²) in [5.74, 6) is -0.538. The van der Waals surface area contributed by atoms with E-state index >= 15 is 0 Å². The monoisotopic (exact) mass is 279 g/mol. The number of hydrogen-bond donors (Lipinski definition) is 1. The third kappa shape index (κ3) is 3.76. The zero-order valence-corrected chi connectivity index (χ0v) is 10.6. The van der Waals surface area contributed by atoms with Gasteiger partial charge in [0, 0.05) is 0 Å². The van der Waals surface area contributed by atoms with Crippen LogP contribution in [0.25, 0.3) is 0 Å². The Balaban J connectivity index is 2.96. The summed E-state index contributed by atoms with van der Waals surface area (Å²) in [5.41, 5.74) is 0. The van der Waals surface area contributed by atoms with Crippen molar-refractivity contribution < 1.29 is 17.6 Å². The Morgan fingerprint density at radius 3 is 2.35 bits per heavy atom. The third-order valence-electron chi connectivity index (χ3n) is 2.10. The van der Waals surface area contributed by atoms with E-state index in [4.69, 9.17) is 11.6 Å². The van der Waals surface area contributed by atoms with Gasteiger partial charge in [0.25, 0.3) is 0 Å². The van der Waals surface area contributed by atoms with Crippen LogP contribution in [0, 0.1) is 5.82 Å². The molecule has 94 valence electrons. The molecule has 0 radical (unpaired) electrons. The van der Waals surface area contributed by atoms with Gasteiger partial charge in [-0.2, -0.15) is 4.72 Å². The molecule has 0 amide bonds. The van der Waals surface area contributed by atoms with Gasteiger partial charge in [-0.1, -0.05) is 6.92 Å². The summed E-state index contributed by atoms with van der Waals surface area (Å²) < 4.78 is 38.3. The molecule has 0 aliphatic rings. The van der Waals surface area contributed by atoms with Gasteiger partial charge in [0.2, 0.25) is 15.3 Å². The molecule has 0 aliphatic heterocycles. The Morgan fingerprint density at radius 2 is 1.94 bits per heavy atom. The number of rotatable bonds is 5. The van der Waals surface area contributed by atoms with E-state index in [-0.39, 0.29) is 11.3 Å². The Kier molecular flexibility index (Phi) is 4.62. The van der Waals surface area contributed by atoms with Gasteiger partial charge in [0.05, 0.1) is 10.9 Å². The van der Waals surface area contributed by atoms with Gasteiger partial charge >= 0.3 is 0 Å². The predicted octanol–water partition coefficient (Wildman–Crippen LogP) is 1.65. The largest absolute Gasteiger partial charge is 0.279 e. The molecule has 0 bridgehead atoms. The van der Waals surface area contributed by atoms with Gasteiger partial charge in [-0.15, -0.1) is 0 Å². The third-order valence-corrected chi connectivity index (χ3v) is 3.85. The molecular weight excluding hydrogens is 269 g/mol. The van der Waals surface area contributed by atoms with Crippen molar-refractivity contribution >= 4 is 26.9 Å². The van der Waals surface area contributed by atoms with Crippen molar-refractivity contribution in [1.29, 1.82) is 0 Å². The molecule has 0 fully saturated rings. The first-order valence-electron chi connectivity index (χ1n) is 4.84. The maximum Gasteiger partial charge on any atom is 0.241 e. The smallest absolute Gasteiger partial charge is 0.241 e. The summed E-state index contributed by atoms with van der Waals surface area (Å²) in [6.45, 7) is 1.62. The van der Waals surface area contributed by atoms with Crippen LogP contribution in [-0.2, 0) is 14.8 Å². The van der Waals surface area contributed by atoms with Crippen LogP contribution >= 0.6 is 11.6 Å². The lowest BCUT2D eigenvalue weighted by molar-refractivity contribution is -0.113. The van der Waals surface area contributed by atoms with Gasteiger partial charge < -0.3 is 0 Å². The normalized spacial score (nSPS) is 13.4. The molecule has 1 aromatic carbocycles. The van der Waals surface area contributed by atoms with Gasteiger partial charge in [0.1, 0.15) is 5.82 Å². The molecule has 1 unspecified atom stereocenters. The average Bonchev–Trinajstić information content (AvgIpc) is 2.26. The summed E-state index contributed by atoms with van der Waals surface area (Å²) in [6, 6.07) is 3.30. The molecule has 1 aromatic rings. The van der Waals surface area contributed by atoms with E-state index in [2.05, 4.69) is 4.72 Å². The van der Waals surface area contributed by atoms with Gasteiger partial charge in [-0.05, 0) is 42.3 Å². The van der Waals surface area contributed by atoms with Crippen LogP contribution in [0.1, 0.15) is 13.3 Å². The molecule has 1 N–H and O–H groups in total. The average molecular weight is 280 g/mol. The highest BCUT2D eigenvalue weighted by atomic mass is 35.5. The Bertz CT molecular complexity index is 501. The summed E-state index contributed by atoms with van der Waals surface area (Å²) in [6.07, 6.45) is 0.239. The van der Waals surface area contributed by atoms with Crippen LogP contribution in [0.4, 0.5) is 4.39 Å². The first kappa shape index (κ1) is 14.1. The van der Waals surface area contributed by atoms with E-state index in [1.165, 1.54) is 0 Å². The molecule has 1 rings (SSSR count). The molecule has 17 heavy (non-hydrogen) atoms. The number of carbonyl (C=O) groups excluding carboxylic acids is 1. The SMILES string of the molecule is CCC(NS(=O)(=O)c1ccc(F)cc1)C(=O)Cl. The van der Waals surface area contributed by atoms with Gasteiger partial charge in [-0.25, -0.2) is 12.8 Å². The second kappa shape index (κ2) is 5.57. The zero-order valence-electron chi connectivity index (χ0n) is 8.98. The van der Waals surface area contributed by atoms with Crippen LogP contribution in [0.5, 0.6) is 0 Å². The molecule has 0 spiro atoms. The lowest BCUT2D eigenvalue weighted by Crippen LogP contribution is -2.38. The second-order valence-corrected chi connectivity index (χ2v) is 5.43. The Labute approximate surface area is 104 Å². The van der Waals surface area contributed by atoms with Crippen molar-refractivity contribution in [2.24, 2.45) is 0 Å². The molecule has 0 aromatic heterocycles. The fraction of sp³-hybridized carbons (Fsp3) is 0.300. The molecule has 0 saturated heterocycles. The number of hydrogen-bond acceptors (Lipinski definition) is 3. The summed E-state index contributed by atoms with van der Waals surface area (Å²) in [4.78, 5) is 10.8. The predicted molar refractivity (Wildman–Crippen MR) is 61.7 cm³/mol. The van der Waals surface area contributed by atoms with E-state index in [0.29, 0.717) is 0 Å². The quantitative estimate of drug-likeness (QED) is 0.834. The molecule has 0 aliphatic carbocycles. The fourth-order valence-electron chi connectivity index (χ4n) is 1.16. The van der Waals surface area contributed by atoms with E-state index in [1.54, 1.807) is 6.92 Å². The maximum absolute atomic E-state index is 12.6. The van der Waals surface area contributed by atoms with Crippen LogP contribution < -0.4 is 4.72 Å². The maximum atomic E-state index is 12.6. The highest BCUT2D eigenvalue weighted by molar-refractivity contribution is 7.89. The number of benzene rings is 1. The van der Waals surface area contributed by atoms with Crippen molar-refractivity contribution in [2.45, 2.75) is 24.3 Å². The Hall–Kier alpha value is -0.980. The van der Waals surface area contributed by atoms with Crippen molar-refractivity contribution in [3.8, 4) is 0 Å². The van der Waals surface area contributed by atoms with Gasteiger partial charge in [0.15, 0.2) is 0 Å². The molecular formula is C10H11ClFNO3S. The second-order valence-electron chi connectivity index (χ2n) is 3.34. The van der Waals surface area contributed by atoms with E-state index in [1.807, 2.05) is 0 Å². The standard InChI is InChI=1S/C10H11ClFNO3S/c1-2-9(10(11)14)13-17(15,16)8-5-3-7(12)4-6-8/h3-6,9,13H,2H2,1H3.